The zero-order chi connectivity index (χ0) is 20.3. The fourth-order valence-corrected chi connectivity index (χ4v) is 4.53. The number of amides is 1. The van der Waals surface area contributed by atoms with Gasteiger partial charge in [0.15, 0.2) is 6.61 Å². The van der Waals surface area contributed by atoms with Gasteiger partial charge in [0.2, 0.25) is 0 Å². The summed E-state index contributed by atoms with van der Waals surface area (Å²) >= 11 is 1.36. The SMILES string of the molecule is COC(=O)c1c(NC(=O)COC(=O)c2ccc(F)cc2)sc2c1CC[C@H](C)C2. The number of carbonyl (C=O) groups excluding carboxylic acids is 3. The Morgan fingerprint density at radius 2 is 1.93 bits per heavy atom. The summed E-state index contributed by atoms with van der Waals surface area (Å²) < 4.78 is 22.7. The molecule has 1 aromatic carbocycles. The maximum absolute atomic E-state index is 12.9. The van der Waals surface area contributed by atoms with E-state index in [0.717, 1.165) is 41.8 Å². The van der Waals surface area contributed by atoms with Gasteiger partial charge >= 0.3 is 11.9 Å². The van der Waals surface area contributed by atoms with Gasteiger partial charge < -0.3 is 14.8 Å². The highest BCUT2D eigenvalue weighted by Crippen LogP contribution is 2.40. The molecule has 0 spiro atoms. The lowest BCUT2D eigenvalue weighted by molar-refractivity contribution is -0.119. The van der Waals surface area contributed by atoms with Gasteiger partial charge in [0.05, 0.1) is 18.2 Å². The van der Waals surface area contributed by atoms with E-state index in [0.29, 0.717) is 16.5 Å². The Hall–Kier alpha value is -2.74. The van der Waals surface area contributed by atoms with Gasteiger partial charge in [0.25, 0.3) is 5.91 Å². The molecule has 1 heterocycles. The number of benzene rings is 1. The molecule has 0 saturated carbocycles. The van der Waals surface area contributed by atoms with Gasteiger partial charge in [-0.1, -0.05) is 6.92 Å². The van der Waals surface area contributed by atoms with Crippen molar-refractivity contribution in [2.24, 2.45) is 5.92 Å². The topological polar surface area (TPSA) is 81.7 Å². The van der Waals surface area contributed by atoms with Crippen molar-refractivity contribution in [3.05, 3.63) is 51.7 Å². The fourth-order valence-electron chi connectivity index (χ4n) is 3.12. The third-order valence-electron chi connectivity index (χ3n) is 4.57. The van der Waals surface area contributed by atoms with Crippen molar-refractivity contribution in [3.63, 3.8) is 0 Å². The molecule has 1 amide bonds. The summed E-state index contributed by atoms with van der Waals surface area (Å²) in [5.74, 6) is -1.75. The first-order chi connectivity index (χ1) is 13.4. The van der Waals surface area contributed by atoms with E-state index in [1.165, 1.54) is 30.6 Å². The number of halogens is 1. The van der Waals surface area contributed by atoms with Crippen LogP contribution in [0.25, 0.3) is 0 Å². The number of nitrogens with one attached hydrogen (secondary N) is 1. The van der Waals surface area contributed by atoms with E-state index < -0.39 is 30.3 Å². The zero-order valence-corrected chi connectivity index (χ0v) is 16.4. The molecule has 2 aromatic rings. The van der Waals surface area contributed by atoms with E-state index in [4.69, 9.17) is 9.47 Å². The van der Waals surface area contributed by atoms with Crippen LogP contribution in [0.1, 0.15) is 44.5 Å². The van der Waals surface area contributed by atoms with Crippen LogP contribution in [0, 0.1) is 11.7 Å². The molecular formula is C20H20FNO5S. The van der Waals surface area contributed by atoms with E-state index in [2.05, 4.69) is 12.2 Å². The molecule has 8 heteroatoms. The first-order valence-electron chi connectivity index (χ1n) is 8.84. The average Bonchev–Trinajstić information content (AvgIpc) is 3.02. The normalized spacial score (nSPS) is 15.5. The van der Waals surface area contributed by atoms with Gasteiger partial charge in [0, 0.05) is 4.88 Å². The molecule has 0 saturated heterocycles. The van der Waals surface area contributed by atoms with Crippen LogP contribution in [-0.2, 0) is 27.1 Å². The Balaban J connectivity index is 1.69. The lowest BCUT2D eigenvalue weighted by Crippen LogP contribution is -2.22. The number of thiophene rings is 1. The molecule has 1 aromatic heterocycles. The Morgan fingerprint density at radius 1 is 1.21 bits per heavy atom. The molecule has 0 radical (unpaired) electrons. The predicted octanol–water partition coefficient (Wildman–Crippen LogP) is 3.59. The molecule has 3 rings (SSSR count). The average molecular weight is 405 g/mol. The molecule has 6 nitrogen and oxygen atoms in total. The first kappa shape index (κ1) is 20.0. The van der Waals surface area contributed by atoms with Gasteiger partial charge in [-0.3, -0.25) is 4.79 Å². The van der Waals surface area contributed by atoms with Crippen LogP contribution >= 0.6 is 11.3 Å². The summed E-state index contributed by atoms with van der Waals surface area (Å²) in [5.41, 5.74) is 1.45. The second-order valence-corrected chi connectivity index (χ2v) is 7.78. The monoisotopic (exact) mass is 405 g/mol. The fraction of sp³-hybridized carbons (Fsp3) is 0.350. The molecule has 0 bridgehead atoms. The number of methoxy groups -OCH3 is 1. The molecule has 1 atom stereocenters. The van der Waals surface area contributed by atoms with Crippen molar-refractivity contribution >= 4 is 34.2 Å². The Labute approximate surface area is 165 Å². The predicted molar refractivity (Wildman–Crippen MR) is 102 cm³/mol. The summed E-state index contributed by atoms with van der Waals surface area (Å²) in [6.07, 6.45) is 2.57. The van der Waals surface area contributed by atoms with Crippen molar-refractivity contribution in [3.8, 4) is 0 Å². The van der Waals surface area contributed by atoms with E-state index in [1.807, 2.05) is 0 Å². The van der Waals surface area contributed by atoms with Crippen molar-refractivity contribution in [2.45, 2.75) is 26.2 Å². The highest BCUT2D eigenvalue weighted by molar-refractivity contribution is 7.17. The highest BCUT2D eigenvalue weighted by Gasteiger charge is 2.29. The van der Waals surface area contributed by atoms with Crippen LogP contribution in [0.4, 0.5) is 9.39 Å². The molecule has 148 valence electrons. The maximum atomic E-state index is 12.9. The van der Waals surface area contributed by atoms with Gasteiger partial charge in [-0.25, -0.2) is 14.0 Å². The van der Waals surface area contributed by atoms with Crippen LogP contribution in [0.15, 0.2) is 24.3 Å². The van der Waals surface area contributed by atoms with E-state index in [-0.39, 0.29) is 5.56 Å². The number of anilines is 1. The molecule has 1 N–H and O–H groups in total. The van der Waals surface area contributed by atoms with Gasteiger partial charge in [-0.05, 0) is 55.0 Å². The van der Waals surface area contributed by atoms with E-state index in [9.17, 15) is 18.8 Å². The summed E-state index contributed by atoms with van der Waals surface area (Å²) in [6.45, 7) is 1.63. The number of esters is 2. The minimum atomic E-state index is -0.734. The maximum Gasteiger partial charge on any atom is 0.341 e. The highest BCUT2D eigenvalue weighted by atomic mass is 32.1. The van der Waals surface area contributed by atoms with E-state index >= 15 is 0 Å². The lowest BCUT2D eigenvalue weighted by Gasteiger charge is -2.18. The molecule has 0 fully saturated rings. The van der Waals surface area contributed by atoms with Crippen molar-refractivity contribution in [2.75, 3.05) is 19.0 Å². The zero-order valence-electron chi connectivity index (χ0n) is 15.5. The Morgan fingerprint density at radius 3 is 2.61 bits per heavy atom. The molecule has 1 aliphatic carbocycles. The number of hydrogen-bond acceptors (Lipinski definition) is 6. The van der Waals surface area contributed by atoms with Crippen LogP contribution in [0.5, 0.6) is 0 Å². The molecular weight excluding hydrogens is 385 g/mol. The largest absolute Gasteiger partial charge is 0.465 e. The van der Waals surface area contributed by atoms with Gasteiger partial charge in [-0.15, -0.1) is 11.3 Å². The van der Waals surface area contributed by atoms with Crippen molar-refractivity contribution < 1.29 is 28.2 Å². The number of fused-ring (bicyclic) bond motifs is 1. The molecule has 1 aliphatic rings. The smallest absolute Gasteiger partial charge is 0.341 e. The van der Waals surface area contributed by atoms with Crippen LogP contribution in [0.2, 0.25) is 0 Å². The van der Waals surface area contributed by atoms with Crippen molar-refractivity contribution in [1.29, 1.82) is 0 Å². The van der Waals surface area contributed by atoms with Crippen LogP contribution < -0.4 is 5.32 Å². The molecule has 28 heavy (non-hydrogen) atoms. The number of hydrogen-bond donors (Lipinski definition) is 1. The Kier molecular flexibility index (Phi) is 6.08. The van der Waals surface area contributed by atoms with E-state index in [1.54, 1.807) is 0 Å². The molecule has 0 unspecified atom stereocenters. The second-order valence-electron chi connectivity index (χ2n) is 6.68. The van der Waals surface area contributed by atoms with Gasteiger partial charge in [0.1, 0.15) is 10.8 Å². The number of rotatable bonds is 5. The summed E-state index contributed by atoms with van der Waals surface area (Å²) in [4.78, 5) is 37.5. The van der Waals surface area contributed by atoms with Gasteiger partial charge in [-0.2, -0.15) is 0 Å². The Bertz CT molecular complexity index is 906. The summed E-state index contributed by atoms with van der Waals surface area (Å²) in [7, 11) is 1.30. The van der Waals surface area contributed by atoms with Crippen molar-refractivity contribution in [1.82, 2.24) is 0 Å². The van der Waals surface area contributed by atoms with Crippen LogP contribution in [0.3, 0.4) is 0 Å². The minimum absolute atomic E-state index is 0.144. The lowest BCUT2D eigenvalue weighted by atomic mass is 9.88. The summed E-state index contributed by atoms with van der Waals surface area (Å²) in [6, 6.07) is 4.83. The second kappa shape index (κ2) is 8.52. The quantitative estimate of drug-likeness (QED) is 0.769. The third kappa shape index (κ3) is 4.39. The first-order valence-corrected chi connectivity index (χ1v) is 9.66. The number of ether oxygens (including phenoxy) is 2. The van der Waals surface area contributed by atoms with Crippen LogP contribution in [-0.4, -0.2) is 31.6 Å². The third-order valence-corrected chi connectivity index (χ3v) is 5.74. The minimum Gasteiger partial charge on any atom is -0.465 e. The standard InChI is InChI=1S/C20H20FNO5S/c1-11-3-8-14-15(9-11)28-18(17(14)20(25)26-2)22-16(23)10-27-19(24)12-4-6-13(21)7-5-12/h4-7,11H,3,8-10H2,1-2H3,(H,22,23)/t11-/m0/s1. The summed E-state index contributed by atoms with van der Waals surface area (Å²) in [5, 5.41) is 3.07. The number of carbonyl (C=O) groups is 3. The molecule has 0 aliphatic heterocycles.